The van der Waals surface area contributed by atoms with Crippen molar-refractivity contribution >= 4 is 43.4 Å². The van der Waals surface area contributed by atoms with E-state index in [4.69, 9.17) is 4.42 Å². The van der Waals surface area contributed by atoms with Crippen LogP contribution in [0.5, 0.6) is 0 Å². The maximum atomic E-state index is 14.2. The lowest BCUT2D eigenvalue weighted by Crippen LogP contribution is -2.31. The van der Waals surface area contributed by atoms with Crippen molar-refractivity contribution in [3.8, 4) is 0 Å². The molecule has 0 saturated heterocycles. The van der Waals surface area contributed by atoms with E-state index in [-0.39, 0.29) is 24.4 Å². The van der Waals surface area contributed by atoms with Crippen molar-refractivity contribution in [3.63, 3.8) is 0 Å². The van der Waals surface area contributed by atoms with E-state index < -0.39 is 11.6 Å². The van der Waals surface area contributed by atoms with Crippen molar-refractivity contribution in [2.75, 3.05) is 4.90 Å². The zero-order valence-corrected chi connectivity index (χ0v) is 17.0. The summed E-state index contributed by atoms with van der Waals surface area (Å²) in [5.74, 6) is -1.08. The summed E-state index contributed by atoms with van der Waals surface area (Å²) in [7, 11) is 0. The fraction of sp³-hybridized carbons (Fsp3) is 0.0833. The highest BCUT2D eigenvalue weighted by Crippen LogP contribution is 2.32. The summed E-state index contributed by atoms with van der Waals surface area (Å²) in [6.45, 7) is 0.142. The molecule has 2 heterocycles. The van der Waals surface area contributed by atoms with E-state index in [2.05, 4.69) is 4.98 Å². The molecule has 0 N–H and O–H groups in total. The molecule has 0 aliphatic heterocycles. The van der Waals surface area contributed by atoms with Gasteiger partial charge in [-0.05, 0) is 34.5 Å². The maximum absolute atomic E-state index is 14.2. The second kappa shape index (κ2) is 7.92. The molecule has 1 amide bonds. The third-order valence-electron chi connectivity index (χ3n) is 5.00. The largest absolute Gasteiger partial charge is 0.467 e. The Morgan fingerprint density at radius 1 is 1.00 bits per heavy atom. The zero-order valence-electron chi connectivity index (χ0n) is 16.2. The predicted molar refractivity (Wildman–Crippen MR) is 117 cm³/mol. The first-order chi connectivity index (χ1) is 15.1. The number of anilines is 1. The Labute approximate surface area is 180 Å². The van der Waals surface area contributed by atoms with Gasteiger partial charge in [0.05, 0.1) is 23.9 Å². The van der Waals surface area contributed by atoms with Gasteiger partial charge in [0.15, 0.2) is 10.9 Å². The summed E-state index contributed by atoms with van der Waals surface area (Å²) < 4.78 is 33.6. The van der Waals surface area contributed by atoms with Gasteiger partial charge in [-0.1, -0.05) is 53.8 Å². The molecule has 0 aliphatic rings. The monoisotopic (exact) mass is 434 g/mol. The number of benzene rings is 3. The second-order valence-electron chi connectivity index (χ2n) is 7.15. The Bertz CT molecular complexity index is 1400. The van der Waals surface area contributed by atoms with Gasteiger partial charge < -0.3 is 4.42 Å². The first-order valence-corrected chi connectivity index (χ1v) is 10.4. The summed E-state index contributed by atoms with van der Waals surface area (Å²) in [5.41, 5.74) is 0.899. The number of fused-ring (bicyclic) bond motifs is 2. The highest BCUT2D eigenvalue weighted by Gasteiger charge is 2.23. The number of carbonyl (C=O) groups excluding carboxylic acids is 1. The van der Waals surface area contributed by atoms with Gasteiger partial charge in [-0.25, -0.2) is 13.8 Å². The number of nitrogens with zero attached hydrogens (tertiary/aromatic N) is 2. The first kappa shape index (κ1) is 19.4. The third kappa shape index (κ3) is 3.92. The molecule has 154 valence electrons. The van der Waals surface area contributed by atoms with Crippen LogP contribution in [0, 0.1) is 11.6 Å². The van der Waals surface area contributed by atoms with Crippen LogP contribution in [0.1, 0.15) is 11.3 Å². The van der Waals surface area contributed by atoms with Crippen LogP contribution < -0.4 is 4.90 Å². The zero-order chi connectivity index (χ0) is 21.4. The third-order valence-corrected chi connectivity index (χ3v) is 6.02. The lowest BCUT2D eigenvalue weighted by molar-refractivity contribution is -0.118. The predicted octanol–water partition coefficient (Wildman–Crippen LogP) is 6.10. The van der Waals surface area contributed by atoms with Crippen LogP contribution in [-0.4, -0.2) is 10.9 Å². The molecule has 0 saturated carbocycles. The number of carbonyl (C=O) groups is 1. The smallest absolute Gasteiger partial charge is 0.233 e. The van der Waals surface area contributed by atoms with Crippen molar-refractivity contribution in [1.82, 2.24) is 4.98 Å². The molecule has 0 fully saturated rings. The van der Waals surface area contributed by atoms with Crippen LogP contribution in [-0.2, 0) is 17.8 Å². The molecule has 3 aromatic carbocycles. The molecule has 5 rings (SSSR count). The van der Waals surface area contributed by atoms with Gasteiger partial charge in [-0.15, -0.1) is 0 Å². The van der Waals surface area contributed by atoms with E-state index in [1.54, 1.807) is 12.1 Å². The minimum absolute atomic E-state index is 0.0457. The van der Waals surface area contributed by atoms with E-state index in [1.807, 2.05) is 42.5 Å². The van der Waals surface area contributed by atoms with Crippen LogP contribution in [0.4, 0.5) is 13.9 Å². The number of halogens is 2. The second-order valence-corrected chi connectivity index (χ2v) is 8.16. The molecular formula is C24H16F2N2O2S. The van der Waals surface area contributed by atoms with E-state index >= 15 is 0 Å². The Kier molecular flexibility index (Phi) is 4.95. The molecule has 5 aromatic rings. The van der Waals surface area contributed by atoms with Crippen LogP contribution >= 0.6 is 11.3 Å². The molecule has 2 aromatic heterocycles. The molecule has 0 unspecified atom stereocenters. The van der Waals surface area contributed by atoms with Gasteiger partial charge in [-0.2, -0.15) is 0 Å². The minimum atomic E-state index is -0.752. The summed E-state index contributed by atoms with van der Waals surface area (Å²) in [6, 6.07) is 19.3. The molecular weight excluding hydrogens is 418 g/mol. The Morgan fingerprint density at radius 3 is 2.65 bits per heavy atom. The van der Waals surface area contributed by atoms with Crippen LogP contribution in [0.25, 0.3) is 21.0 Å². The number of aromatic nitrogens is 1. The lowest BCUT2D eigenvalue weighted by Gasteiger charge is -2.19. The molecule has 0 bridgehead atoms. The molecule has 31 heavy (non-hydrogen) atoms. The first-order valence-electron chi connectivity index (χ1n) is 9.63. The van der Waals surface area contributed by atoms with Gasteiger partial charge in [-0.3, -0.25) is 9.69 Å². The quantitative estimate of drug-likeness (QED) is 0.336. The lowest BCUT2D eigenvalue weighted by atomic mass is 10.0. The van der Waals surface area contributed by atoms with E-state index in [0.717, 1.165) is 33.7 Å². The fourth-order valence-corrected chi connectivity index (χ4v) is 4.52. The minimum Gasteiger partial charge on any atom is -0.467 e. The van der Waals surface area contributed by atoms with Crippen LogP contribution in [0.2, 0.25) is 0 Å². The van der Waals surface area contributed by atoms with E-state index in [1.165, 1.54) is 17.2 Å². The Balaban J connectivity index is 1.50. The fourth-order valence-electron chi connectivity index (χ4n) is 3.50. The summed E-state index contributed by atoms with van der Waals surface area (Å²) >= 11 is 1.07. The number of rotatable bonds is 5. The average molecular weight is 434 g/mol. The molecule has 0 aliphatic carbocycles. The van der Waals surface area contributed by atoms with Gasteiger partial charge in [0, 0.05) is 6.07 Å². The van der Waals surface area contributed by atoms with Crippen LogP contribution in [0.3, 0.4) is 0 Å². The number of furan rings is 1. The number of thiazole rings is 1. The van der Waals surface area contributed by atoms with Crippen molar-refractivity contribution < 1.29 is 18.0 Å². The molecule has 7 heteroatoms. The van der Waals surface area contributed by atoms with Gasteiger partial charge in [0.1, 0.15) is 17.1 Å². The van der Waals surface area contributed by atoms with E-state index in [9.17, 15) is 13.6 Å². The summed E-state index contributed by atoms with van der Waals surface area (Å²) in [5, 5.41) is 2.43. The normalized spacial score (nSPS) is 11.3. The molecule has 0 radical (unpaired) electrons. The SMILES string of the molecule is O=C(Cc1ccc2ccccc2c1)N(Cc1ccco1)c1nc2c(F)cc(F)cc2s1. The summed E-state index contributed by atoms with van der Waals surface area (Å²) in [6.07, 6.45) is 1.66. The highest BCUT2D eigenvalue weighted by molar-refractivity contribution is 7.22. The Morgan fingerprint density at radius 2 is 1.84 bits per heavy atom. The van der Waals surface area contributed by atoms with Crippen molar-refractivity contribution in [2.45, 2.75) is 13.0 Å². The average Bonchev–Trinajstić information content (AvgIpc) is 3.41. The molecule has 4 nitrogen and oxygen atoms in total. The highest BCUT2D eigenvalue weighted by atomic mass is 32.1. The number of amides is 1. The van der Waals surface area contributed by atoms with Gasteiger partial charge >= 0.3 is 0 Å². The topological polar surface area (TPSA) is 46.3 Å². The van der Waals surface area contributed by atoms with Gasteiger partial charge in [0.2, 0.25) is 5.91 Å². The molecule has 0 spiro atoms. The number of hydrogen-bond donors (Lipinski definition) is 0. The Hall–Kier alpha value is -3.58. The van der Waals surface area contributed by atoms with Crippen molar-refractivity contribution in [3.05, 3.63) is 96.0 Å². The maximum Gasteiger partial charge on any atom is 0.233 e. The number of hydrogen-bond acceptors (Lipinski definition) is 4. The standard InChI is InChI=1S/C24H16F2N2O2S/c25-18-12-20(26)23-21(13-18)31-24(27-23)28(14-19-6-3-9-30-19)22(29)11-15-7-8-16-4-1-2-5-17(16)10-15/h1-10,12-13H,11,14H2. The van der Waals surface area contributed by atoms with Crippen molar-refractivity contribution in [1.29, 1.82) is 0 Å². The van der Waals surface area contributed by atoms with E-state index in [0.29, 0.717) is 15.6 Å². The molecule has 0 atom stereocenters. The van der Waals surface area contributed by atoms with Crippen LogP contribution in [0.15, 0.2) is 77.4 Å². The van der Waals surface area contributed by atoms with Crippen molar-refractivity contribution in [2.24, 2.45) is 0 Å². The summed E-state index contributed by atoms with van der Waals surface area (Å²) in [4.78, 5) is 19.0. The van der Waals surface area contributed by atoms with Gasteiger partial charge in [0.25, 0.3) is 0 Å².